The lowest BCUT2D eigenvalue weighted by Crippen LogP contribution is -2.48. The second-order valence-corrected chi connectivity index (χ2v) is 8.93. The van der Waals surface area contributed by atoms with Crippen molar-refractivity contribution in [2.75, 3.05) is 32.4 Å². The molecule has 0 bridgehead atoms. The third kappa shape index (κ3) is 4.94. The fraction of sp³-hybridized carbons (Fsp3) is 0.412. The molecule has 1 aliphatic rings. The van der Waals surface area contributed by atoms with Gasteiger partial charge in [-0.3, -0.25) is 9.69 Å². The monoisotopic (exact) mass is 394 g/mol. The van der Waals surface area contributed by atoms with Gasteiger partial charge in [-0.15, -0.1) is 0 Å². The second kappa shape index (κ2) is 8.34. The Bertz CT molecular complexity index is 892. The zero-order valence-corrected chi connectivity index (χ0v) is 16.2. The van der Waals surface area contributed by atoms with E-state index in [1.54, 1.807) is 4.31 Å². The van der Waals surface area contributed by atoms with Crippen molar-refractivity contribution in [2.24, 2.45) is 0 Å². The summed E-state index contributed by atoms with van der Waals surface area (Å²) in [7, 11) is -3.32. The number of piperazine rings is 1. The minimum Gasteiger partial charge on any atom is -0.301 e. The largest absolute Gasteiger partial charge is 0.301 e. The molecule has 7 nitrogen and oxygen atoms in total. The molecule has 0 aliphatic carbocycles. The highest BCUT2D eigenvalue weighted by Gasteiger charge is 2.27. The van der Waals surface area contributed by atoms with Gasteiger partial charge in [-0.05, 0) is 11.8 Å². The molecule has 1 aromatic heterocycles. The lowest BCUT2D eigenvalue weighted by Gasteiger charge is -2.33. The van der Waals surface area contributed by atoms with Crippen LogP contribution in [0.3, 0.4) is 0 Å². The summed E-state index contributed by atoms with van der Waals surface area (Å²) in [5, 5.41) is 0.594. The Morgan fingerprint density at radius 1 is 1.15 bits per heavy atom. The number of aromatic nitrogens is 2. The van der Waals surface area contributed by atoms with Gasteiger partial charge in [-0.25, -0.2) is 13.4 Å². The van der Waals surface area contributed by atoms with Crippen LogP contribution in [0.15, 0.2) is 46.3 Å². The lowest BCUT2D eigenvalue weighted by atomic mass is 10.2. The molecule has 0 unspecified atom stereocenters. The maximum atomic E-state index is 12.6. The number of hydrogen-bond donors (Lipinski definition) is 1. The first kappa shape index (κ1) is 19.1. The Labute approximate surface area is 157 Å². The van der Waals surface area contributed by atoms with Gasteiger partial charge in [0.1, 0.15) is 0 Å². The number of thioether (sulfide) groups is 1. The predicted molar refractivity (Wildman–Crippen MR) is 103 cm³/mol. The first-order valence-electron chi connectivity index (χ1n) is 8.34. The molecular weight excluding hydrogens is 372 g/mol. The molecular formula is C17H22N4O3S2. The number of rotatable bonds is 6. The second-order valence-electron chi connectivity index (χ2n) is 6.16. The Morgan fingerprint density at radius 3 is 2.50 bits per heavy atom. The molecule has 3 rings (SSSR count). The number of H-pyrrole nitrogens is 1. The van der Waals surface area contributed by atoms with Crippen LogP contribution < -0.4 is 5.56 Å². The molecule has 1 saturated heterocycles. The zero-order chi connectivity index (χ0) is 18.6. The fourth-order valence-corrected chi connectivity index (χ4v) is 4.86. The van der Waals surface area contributed by atoms with E-state index in [0.29, 0.717) is 43.6 Å². The molecule has 0 spiro atoms. The first-order valence-corrected chi connectivity index (χ1v) is 11.2. The van der Waals surface area contributed by atoms with Crippen molar-refractivity contribution in [3.05, 3.63) is 58.0 Å². The zero-order valence-electron chi connectivity index (χ0n) is 14.6. The Hall–Kier alpha value is -1.68. The van der Waals surface area contributed by atoms with Gasteiger partial charge < -0.3 is 4.98 Å². The van der Waals surface area contributed by atoms with E-state index in [0.717, 1.165) is 5.56 Å². The summed E-state index contributed by atoms with van der Waals surface area (Å²) >= 11 is 1.39. The third-order valence-electron chi connectivity index (χ3n) is 4.27. The summed E-state index contributed by atoms with van der Waals surface area (Å²) in [6.45, 7) is 2.69. The van der Waals surface area contributed by atoms with Gasteiger partial charge >= 0.3 is 0 Å². The van der Waals surface area contributed by atoms with E-state index in [4.69, 9.17) is 0 Å². The topological polar surface area (TPSA) is 86.4 Å². The van der Waals surface area contributed by atoms with E-state index >= 15 is 0 Å². The summed E-state index contributed by atoms with van der Waals surface area (Å²) < 4.78 is 26.7. The molecule has 26 heavy (non-hydrogen) atoms. The predicted octanol–water partition coefficient (Wildman–Crippen LogP) is 1.14. The normalized spacial score (nSPS) is 16.7. The maximum absolute atomic E-state index is 12.6. The number of sulfonamides is 1. The quantitative estimate of drug-likeness (QED) is 0.584. The van der Waals surface area contributed by atoms with E-state index in [-0.39, 0.29) is 11.3 Å². The standard InChI is InChI=1S/C17H22N4O3S2/c1-25-17-18-15(11-16(22)19-17)12-20-7-9-21(10-8-20)26(23,24)13-14-5-3-2-4-6-14/h2-6,11H,7-10,12-13H2,1H3,(H,18,19,22). The van der Waals surface area contributed by atoms with Gasteiger partial charge in [0, 0.05) is 38.8 Å². The fourth-order valence-electron chi connectivity index (χ4n) is 2.93. The van der Waals surface area contributed by atoms with Crippen LogP contribution in [0.25, 0.3) is 0 Å². The number of aromatic amines is 1. The summed E-state index contributed by atoms with van der Waals surface area (Å²) in [6.07, 6.45) is 1.86. The van der Waals surface area contributed by atoms with Gasteiger partial charge in [0.2, 0.25) is 10.0 Å². The van der Waals surface area contributed by atoms with E-state index in [1.807, 2.05) is 36.6 Å². The molecule has 1 N–H and O–H groups in total. The van der Waals surface area contributed by atoms with Crippen molar-refractivity contribution in [1.82, 2.24) is 19.2 Å². The van der Waals surface area contributed by atoms with Gasteiger partial charge in [0.25, 0.3) is 5.56 Å². The molecule has 1 fully saturated rings. The first-order chi connectivity index (χ1) is 12.5. The smallest absolute Gasteiger partial charge is 0.251 e. The minimum absolute atomic E-state index is 0.0283. The summed E-state index contributed by atoms with van der Waals surface area (Å²) in [5.41, 5.74) is 1.34. The average Bonchev–Trinajstić information content (AvgIpc) is 2.62. The average molecular weight is 395 g/mol. The Kier molecular flexibility index (Phi) is 6.13. The van der Waals surface area contributed by atoms with Crippen molar-refractivity contribution >= 4 is 21.8 Å². The van der Waals surface area contributed by atoms with Crippen LogP contribution in [0.1, 0.15) is 11.3 Å². The van der Waals surface area contributed by atoms with E-state index in [9.17, 15) is 13.2 Å². The summed E-state index contributed by atoms with van der Waals surface area (Å²) in [4.78, 5) is 20.9. The summed E-state index contributed by atoms with van der Waals surface area (Å²) in [6, 6.07) is 10.7. The Morgan fingerprint density at radius 2 is 1.85 bits per heavy atom. The van der Waals surface area contributed by atoms with Gasteiger partial charge in [-0.1, -0.05) is 42.1 Å². The van der Waals surface area contributed by atoms with Crippen LogP contribution in [0.4, 0.5) is 0 Å². The molecule has 0 amide bonds. The van der Waals surface area contributed by atoms with Crippen LogP contribution in [0.2, 0.25) is 0 Å². The van der Waals surface area contributed by atoms with Crippen LogP contribution in [0, 0.1) is 0 Å². The van der Waals surface area contributed by atoms with Crippen LogP contribution in [-0.4, -0.2) is 60.0 Å². The third-order valence-corrected chi connectivity index (χ3v) is 6.70. The van der Waals surface area contributed by atoms with E-state index in [2.05, 4.69) is 14.9 Å². The number of hydrogen-bond acceptors (Lipinski definition) is 6. The molecule has 0 radical (unpaired) electrons. The summed E-state index contributed by atoms with van der Waals surface area (Å²) in [5.74, 6) is 0.0283. The molecule has 2 aromatic rings. The van der Waals surface area contributed by atoms with E-state index in [1.165, 1.54) is 17.8 Å². The molecule has 140 valence electrons. The molecule has 0 saturated carbocycles. The maximum Gasteiger partial charge on any atom is 0.251 e. The van der Waals surface area contributed by atoms with Crippen molar-refractivity contribution in [3.63, 3.8) is 0 Å². The van der Waals surface area contributed by atoms with Crippen molar-refractivity contribution < 1.29 is 8.42 Å². The van der Waals surface area contributed by atoms with Gasteiger partial charge in [0.15, 0.2) is 5.16 Å². The Balaban J connectivity index is 1.59. The van der Waals surface area contributed by atoms with Gasteiger partial charge in [0.05, 0.1) is 11.4 Å². The SMILES string of the molecule is CSc1nc(CN2CCN(S(=O)(=O)Cc3ccccc3)CC2)cc(=O)[nH]1. The lowest BCUT2D eigenvalue weighted by molar-refractivity contribution is 0.179. The number of nitrogens with one attached hydrogen (secondary N) is 1. The van der Waals surface area contributed by atoms with E-state index < -0.39 is 10.0 Å². The highest BCUT2D eigenvalue weighted by atomic mass is 32.2. The molecule has 9 heteroatoms. The van der Waals surface area contributed by atoms with Crippen molar-refractivity contribution in [1.29, 1.82) is 0 Å². The minimum atomic E-state index is -3.32. The highest BCUT2D eigenvalue weighted by Crippen LogP contribution is 2.15. The van der Waals surface area contributed by atoms with Crippen LogP contribution in [0.5, 0.6) is 0 Å². The molecule has 1 aromatic carbocycles. The number of nitrogens with zero attached hydrogens (tertiary/aromatic N) is 3. The van der Waals surface area contributed by atoms with Gasteiger partial charge in [-0.2, -0.15) is 4.31 Å². The van der Waals surface area contributed by atoms with Crippen LogP contribution >= 0.6 is 11.8 Å². The van der Waals surface area contributed by atoms with Crippen molar-refractivity contribution in [3.8, 4) is 0 Å². The highest BCUT2D eigenvalue weighted by molar-refractivity contribution is 7.98. The van der Waals surface area contributed by atoms with Crippen LogP contribution in [-0.2, 0) is 22.3 Å². The molecule has 0 atom stereocenters. The molecule has 1 aliphatic heterocycles. The van der Waals surface area contributed by atoms with Crippen molar-refractivity contribution in [2.45, 2.75) is 17.5 Å². The molecule has 2 heterocycles. The number of benzene rings is 1.